The predicted molar refractivity (Wildman–Crippen MR) is 87.1 cm³/mol. The van der Waals surface area contributed by atoms with Crippen LogP contribution in [0, 0.1) is 5.41 Å². The molecule has 3 N–H and O–H groups in total. The molecule has 7 nitrogen and oxygen atoms in total. The summed E-state index contributed by atoms with van der Waals surface area (Å²) in [5, 5.41) is 10.8. The van der Waals surface area contributed by atoms with Gasteiger partial charge in [-0.25, -0.2) is 9.97 Å². The molecule has 1 spiro atoms. The first-order valence-corrected chi connectivity index (χ1v) is 8.49. The molecule has 3 aliphatic rings. The van der Waals surface area contributed by atoms with Crippen LogP contribution < -0.4 is 5.73 Å². The Bertz CT molecular complexity index is 811. The van der Waals surface area contributed by atoms with Crippen molar-refractivity contribution < 1.29 is 14.6 Å². The summed E-state index contributed by atoms with van der Waals surface area (Å²) in [7, 11) is 0. The second-order valence-corrected chi connectivity index (χ2v) is 7.94. The summed E-state index contributed by atoms with van der Waals surface area (Å²) in [6.45, 7) is 3.91. The Kier molecular flexibility index (Phi) is 2.73. The van der Waals surface area contributed by atoms with Gasteiger partial charge in [-0.2, -0.15) is 0 Å². The lowest BCUT2D eigenvalue weighted by Crippen LogP contribution is -2.48. The predicted octanol–water partition coefficient (Wildman–Crippen LogP) is 1.62. The molecule has 0 aromatic carbocycles. The van der Waals surface area contributed by atoms with E-state index >= 15 is 0 Å². The zero-order valence-electron chi connectivity index (χ0n) is 13.8. The SMILES string of the molecule is CC1(C)O[C@H]2[C@H](n3ccc4c(N)ncnc43)CC3(CC(O)C3)[C@H]2O1. The van der Waals surface area contributed by atoms with Gasteiger partial charge in [0.05, 0.1) is 23.6 Å². The molecule has 0 radical (unpaired) electrons. The Hall–Kier alpha value is -1.70. The Morgan fingerprint density at radius 1 is 1.25 bits per heavy atom. The van der Waals surface area contributed by atoms with Crippen molar-refractivity contribution in [1.82, 2.24) is 14.5 Å². The van der Waals surface area contributed by atoms with Crippen LogP contribution >= 0.6 is 0 Å². The number of ether oxygens (including phenoxy) is 2. The van der Waals surface area contributed by atoms with E-state index in [2.05, 4.69) is 14.5 Å². The number of aliphatic hydroxyl groups excluding tert-OH is 1. The lowest BCUT2D eigenvalue weighted by molar-refractivity contribution is -0.187. The number of rotatable bonds is 1. The molecular formula is C17H22N4O3. The van der Waals surface area contributed by atoms with Crippen LogP contribution in [0.4, 0.5) is 5.82 Å². The van der Waals surface area contributed by atoms with E-state index in [1.807, 2.05) is 26.1 Å². The van der Waals surface area contributed by atoms with Gasteiger partial charge in [-0.1, -0.05) is 0 Å². The van der Waals surface area contributed by atoms with Gasteiger partial charge in [-0.05, 0) is 39.2 Å². The summed E-state index contributed by atoms with van der Waals surface area (Å²) in [5.41, 5.74) is 6.80. The lowest BCUT2D eigenvalue weighted by atomic mass is 9.64. The number of anilines is 1. The summed E-state index contributed by atoms with van der Waals surface area (Å²) in [5.74, 6) is -0.107. The number of aromatic nitrogens is 3. The average molecular weight is 330 g/mol. The maximum Gasteiger partial charge on any atom is 0.163 e. The van der Waals surface area contributed by atoms with Crippen LogP contribution in [0.5, 0.6) is 0 Å². The van der Waals surface area contributed by atoms with Gasteiger partial charge >= 0.3 is 0 Å². The fourth-order valence-electron chi connectivity index (χ4n) is 4.99. The number of aliphatic hydroxyl groups is 1. The highest BCUT2D eigenvalue weighted by atomic mass is 16.8. The van der Waals surface area contributed by atoms with Gasteiger partial charge in [0.2, 0.25) is 0 Å². The first kappa shape index (κ1) is 14.6. The first-order valence-electron chi connectivity index (χ1n) is 8.49. The van der Waals surface area contributed by atoms with E-state index < -0.39 is 5.79 Å². The maximum absolute atomic E-state index is 9.91. The molecule has 2 aliphatic carbocycles. The van der Waals surface area contributed by atoms with Crippen molar-refractivity contribution in [3.05, 3.63) is 18.6 Å². The Labute approximate surface area is 139 Å². The lowest BCUT2D eigenvalue weighted by Gasteiger charge is -2.46. The van der Waals surface area contributed by atoms with E-state index in [4.69, 9.17) is 15.2 Å². The van der Waals surface area contributed by atoms with Crippen LogP contribution in [0.2, 0.25) is 0 Å². The van der Waals surface area contributed by atoms with E-state index in [0.29, 0.717) is 5.82 Å². The third kappa shape index (κ3) is 1.83. The molecule has 3 heterocycles. The van der Waals surface area contributed by atoms with Crippen LogP contribution in [0.15, 0.2) is 18.6 Å². The molecule has 2 aromatic heterocycles. The second-order valence-electron chi connectivity index (χ2n) is 7.94. The fraction of sp³-hybridized carbons (Fsp3) is 0.647. The third-order valence-electron chi connectivity index (χ3n) is 5.91. The molecule has 7 heteroatoms. The van der Waals surface area contributed by atoms with Crippen LogP contribution in [0.25, 0.3) is 11.0 Å². The molecule has 5 rings (SSSR count). The Balaban J connectivity index is 1.59. The molecule has 3 fully saturated rings. The van der Waals surface area contributed by atoms with Crippen LogP contribution in [-0.4, -0.2) is 43.7 Å². The van der Waals surface area contributed by atoms with Gasteiger partial charge in [0.1, 0.15) is 23.9 Å². The van der Waals surface area contributed by atoms with Gasteiger partial charge in [0, 0.05) is 11.6 Å². The van der Waals surface area contributed by atoms with Gasteiger partial charge in [0.15, 0.2) is 5.79 Å². The number of fused-ring (bicyclic) bond motifs is 3. The minimum Gasteiger partial charge on any atom is -0.393 e. The molecule has 1 aliphatic heterocycles. The average Bonchev–Trinajstić information content (AvgIpc) is 3.11. The van der Waals surface area contributed by atoms with E-state index in [9.17, 15) is 5.11 Å². The largest absolute Gasteiger partial charge is 0.393 e. The summed E-state index contributed by atoms with van der Waals surface area (Å²) in [4.78, 5) is 8.50. The summed E-state index contributed by atoms with van der Waals surface area (Å²) in [6, 6.07) is 2.08. The molecule has 2 aromatic rings. The summed E-state index contributed by atoms with van der Waals surface area (Å²) in [6.07, 6.45) is 5.73. The van der Waals surface area contributed by atoms with Crippen molar-refractivity contribution >= 4 is 16.9 Å². The van der Waals surface area contributed by atoms with Gasteiger partial charge in [-0.3, -0.25) is 0 Å². The summed E-state index contributed by atoms with van der Waals surface area (Å²) >= 11 is 0. The first-order chi connectivity index (χ1) is 11.4. The van der Waals surface area contributed by atoms with Crippen molar-refractivity contribution in [2.24, 2.45) is 5.41 Å². The van der Waals surface area contributed by atoms with Crippen molar-refractivity contribution in [3.8, 4) is 0 Å². The molecular weight excluding hydrogens is 308 g/mol. The Morgan fingerprint density at radius 3 is 2.79 bits per heavy atom. The number of hydrogen-bond acceptors (Lipinski definition) is 6. The van der Waals surface area contributed by atoms with Crippen LogP contribution in [-0.2, 0) is 9.47 Å². The third-order valence-corrected chi connectivity index (χ3v) is 5.91. The van der Waals surface area contributed by atoms with Crippen molar-refractivity contribution in [2.45, 2.75) is 63.3 Å². The molecule has 0 amide bonds. The van der Waals surface area contributed by atoms with Gasteiger partial charge < -0.3 is 24.9 Å². The molecule has 3 atom stereocenters. The molecule has 1 saturated heterocycles. The van der Waals surface area contributed by atoms with Crippen LogP contribution in [0.1, 0.15) is 39.2 Å². The number of hydrogen-bond donors (Lipinski definition) is 2. The monoisotopic (exact) mass is 330 g/mol. The van der Waals surface area contributed by atoms with Gasteiger partial charge in [-0.15, -0.1) is 0 Å². The quantitative estimate of drug-likeness (QED) is 0.825. The smallest absolute Gasteiger partial charge is 0.163 e. The minimum absolute atomic E-state index is 0.00229. The van der Waals surface area contributed by atoms with E-state index in [-0.39, 0.29) is 29.8 Å². The van der Waals surface area contributed by atoms with E-state index in [1.54, 1.807) is 0 Å². The topological polar surface area (TPSA) is 95.4 Å². The number of nitrogens with two attached hydrogens (primary N) is 1. The highest BCUT2D eigenvalue weighted by molar-refractivity contribution is 5.86. The highest BCUT2D eigenvalue weighted by Gasteiger charge is 2.65. The number of nitrogens with zero attached hydrogens (tertiary/aromatic N) is 3. The van der Waals surface area contributed by atoms with Crippen molar-refractivity contribution in [3.63, 3.8) is 0 Å². The van der Waals surface area contributed by atoms with E-state index in [0.717, 1.165) is 30.3 Å². The Morgan fingerprint density at radius 2 is 2.04 bits per heavy atom. The molecule has 128 valence electrons. The maximum atomic E-state index is 9.91. The molecule has 2 saturated carbocycles. The highest BCUT2D eigenvalue weighted by Crippen LogP contribution is 2.62. The van der Waals surface area contributed by atoms with Crippen molar-refractivity contribution in [1.29, 1.82) is 0 Å². The second kappa shape index (κ2) is 4.47. The minimum atomic E-state index is -0.599. The zero-order chi connectivity index (χ0) is 16.7. The molecule has 0 bridgehead atoms. The standard InChI is InChI=1S/C17H22N4O3/c1-16(2)23-12-11(7-17(13(12)24-16)5-9(22)6-17)21-4-3-10-14(18)19-8-20-15(10)21/h3-4,8-9,11-13,22H,5-7H2,1-2H3,(H2,18,19,20)/t9?,11-,12+,13+,17?/m1/s1. The molecule has 0 unspecified atom stereocenters. The van der Waals surface area contributed by atoms with Crippen molar-refractivity contribution in [2.75, 3.05) is 5.73 Å². The van der Waals surface area contributed by atoms with Gasteiger partial charge in [0.25, 0.3) is 0 Å². The number of nitrogen functional groups attached to an aromatic ring is 1. The van der Waals surface area contributed by atoms with Crippen LogP contribution in [0.3, 0.4) is 0 Å². The zero-order valence-corrected chi connectivity index (χ0v) is 13.8. The normalized spacial score (nSPS) is 40.1. The molecule has 24 heavy (non-hydrogen) atoms. The fourth-order valence-corrected chi connectivity index (χ4v) is 4.99. The van der Waals surface area contributed by atoms with E-state index in [1.165, 1.54) is 6.33 Å². The summed E-state index contributed by atoms with van der Waals surface area (Å²) < 4.78 is 14.6.